The maximum Gasteiger partial charge on any atom is 0.247 e. The van der Waals surface area contributed by atoms with E-state index >= 15 is 0 Å². The summed E-state index contributed by atoms with van der Waals surface area (Å²) in [6, 6.07) is 16.4. The van der Waals surface area contributed by atoms with Crippen LogP contribution in [-0.4, -0.2) is 28.4 Å². The Bertz CT molecular complexity index is 940. The summed E-state index contributed by atoms with van der Waals surface area (Å²) >= 11 is 0. The van der Waals surface area contributed by atoms with Crippen LogP contribution in [0.4, 0.5) is 0 Å². The first-order valence-corrected chi connectivity index (χ1v) is 9.65. The first-order chi connectivity index (χ1) is 13.2. The summed E-state index contributed by atoms with van der Waals surface area (Å²) in [7, 11) is 0. The molecule has 4 nitrogen and oxygen atoms in total. The van der Waals surface area contributed by atoms with Crippen molar-refractivity contribution in [1.82, 2.24) is 9.88 Å². The molecule has 1 amide bonds. The van der Waals surface area contributed by atoms with Crippen molar-refractivity contribution in [3.63, 3.8) is 0 Å². The van der Waals surface area contributed by atoms with Crippen LogP contribution in [0.3, 0.4) is 0 Å². The molecule has 2 aromatic carbocycles. The van der Waals surface area contributed by atoms with Crippen LogP contribution in [0.2, 0.25) is 0 Å². The minimum Gasteiger partial charge on any atom is -0.437 e. The standard InChI is InChI=1S/C23H24N2O2/c1-2-15-25(19-12-11-17-7-3-4-8-18(17)16-19)23(26)14-13-22-24-20-9-5-6-10-21(20)27-22/h3-10,13-14,19H,2,11-12,15-16H2,1H3. The summed E-state index contributed by atoms with van der Waals surface area (Å²) in [6.07, 6.45) is 7.20. The highest BCUT2D eigenvalue weighted by molar-refractivity contribution is 5.91. The van der Waals surface area contributed by atoms with Gasteiger partial charge in [0, 0.05) is 24.7 Å². The van der Waals surface area contributed by atoms with Crippen LogP contribution >= 0.6 is 0 Å². The van der Waals surface area contributed by atoms with Gasteiger partial charge in [0.15, 0.2) is 5.58 Å². The summed E-state index contributed by atoms with van der Waals surface area (Å²) < 4.78 is 5.68. The zero-order valence-electron chi connectivity index (χ0n) is 15.6. The Labute approximate surface area is 159 Å². The monoisotopic (exact) mass is 360 g/mol. The van der Waals surface area contributed by atoms with E-state index in [0.29, 0.717) is 5.89 Å². The smallest absolute Gasteiger partial charge is 0.247 e. The van der Waals surface area contributed by atoms with Crippen LogP contribution in [-0.2, 0) is 17.6 Å². The largest absolute Gasteiger partial charge is 0.437 e. The van der Waals surface area contributed by atoms with E-state index in [2.05, 4.69) is 36.2 Å². The number of carbonyl (C=O) groups excluding carboxylic acids is 1. The molecule has 0 N–H and O–H groups in total. The van der Waals surface area contributed by atoms with Gasteiger partial charge in [0.05, 0.1) is 0 Å². The first-order valence-electron chi connectivity index (χ1n) is 9.65. The molecule has 0 saturated heterocycles. The Morgan fingerprint density at radius 3 is 2.78 bits per heavy atom. The van der Waals surface area contributed by atoms with Crippen molar-refractivity contribution in [2.24, 2.45) is 0 Å². The van der Waals surface area contributed by atoms with Gasteiger partial charge in [-0.1, -0.05) is 43.3 Å². The van der Waals surface area contributed by atoms with Gasteiger partial charge in [-0.05, 0) is 48.9 Å². The fourth-order valence-corrected chi connectivity index (χ4v) is 3.86. The Hall–Kier alpha value is -2.88. The average molecular weight is 360 g/mol. The van der Waals surface area contributed by atoms with Gasteiger partial charge in [0.25, 0.3) is 0 Å². The fourth-order valence-electron chi connectivity index (χ4n) is 3.86. The molecule has 3 aromatic rings. The van der Waals surface area contributed by atoms with Crippen LogP contribution in [0.25, 0.3) is 17.2 Å². The van der Waals surface area contributed by atoms with E-state index in [0.717, 1.165) is 43.3 Å². The zero-order chi connectivity index (χ0) is 18.6. The van der Waals surface area contributed by atoms with Gasteiger partial charge in [-0.15, -0.1) is 0 Å². The lowest BCUT2D eigenvalue weighted by Gasteiger charge is -2.34. The number of hydrogen-bond acceptors (Lipinski definition) is 3. The molecule has 0 saturated carbocycles. The van der Waals surface area contributed by atoms with Gasteiger partial charge in [-0.25, -0.2) is 4.98 Å². The molecule has 0 aliphatic heterocycles. The molecule has 4 heteroatoms. The molecule has 138 valence electrons. The Kier molecular flexibility index (Phi) is 5.05. The molecular formula is C23H24N2O2. The minimum absolute atomic E-state index is 0.0310. The molecule has 27 heavy (non-hydrogen) atoms. The molecule has 1 aliphatic carbocycles. The van der Waals surface area contributed by atoms with Crippen LogP contribution in [0.5, 0.6) is 0 Å². The number of oxazole rings is 1. The number of para-hydroxylation sites is 2. The number of carbonyl (C=O) groups is 1. The van der Waals surface area contributed by atoms with Crippen LogP contribution < -0.4 is 0 Å². The summed E-state index contributed by atoms with van der Waals surface area (Å²) in [5, 5.41) is 0. The summed E-state index contributed by atoms with van der Waals surface area (Å²) in [5.41, 5.74) is 4.32. The number of aryl methyl sites for hydroxylation is 1. The van der Waals surface area contributed by atoms with E-state index in [9.17, 15) is 4.79 Å². The Morgan fingerprint density at radius 2 is 1.96 bits per heavy atom. The van der Waals surface area contributed by atoms with Crippen LogP contribution in [0.1, 0.15) is 36.8 Å². The maximum absolute atomic E-state index is 12.9. The molecule has 1 atom stereocenters. The summed E-state index contributed by atoms with van der Waals surface area (Å²) in [5.74, 6) is 0.499. The summed E-state index contributed by atoms with van der Waals surface area (Å²) in [6.45, 7) is 2.88. The number of benzene rings is 2. The van der Waals surface area contributed by atoms with Crippen molar-refractivity contribution >= 4 is 23.1 Å². The second kappa shape index (κ2) is 7.78. The third-order valence-electron chi connectivity index (χ3n) is 5.19. The van der Waals surface area contributed by atoms with E-state index in [-0.39, 0.29) is 11.9 Å². The van der Waals surface area contributed by atoms with Crippen molar-refractivity contribution in [3.05, 3.63) is 71.6 Å². The van der Waals surface area contributed by atoms with Gasteiger partial charge in [0.2, 0.25) is 11.8 Å². The number of hydrogen-bond donors (Lipinski definition) is 0. The average Bonchev–Trinajstić information content (AvgIpc) is 3.13. The van der Waals surface area contributed by atoms with Crippen molar-refractivity contribution in [1.29, 1.82) is 0 Å². The highest BCUT2D eigenvalue weighted by Crippen LogP contribution is 2.25. The lowest BCUT2D eigenvalue weighted by Crippen LogP contribution is -2.43. The van der Waals surface area contributed by atoms with E-state index in [4.69, 9.17) is 4.42 Å². The predicted molar refractivity (Wildman–Crippen MR) is 107 cm³/mol. The molecule has 4 rings (SSSR count). The van der Waals surface area contributed by atoms with Gasteiger partial charge >= 0.3 is 0 Å². The van der Waals surface area contributed by atoms with E-state index < -0.39 is 0 Å². The van der Waals surface area contributed by atoms with Gasteiger partial charge in [0.1, 0.15) is 5.52 Å². The Morgan fingerprint density at radius 1 is 1.19 bits per heavy atom. The van der Waals surface area contributed by atoms with E-state index in [1.54, 1.807) is 12.2 Å². The molecule has 1 aromatic heterocycles. The van der Waals surface area contributed by atoms with Gasteiger partial charge in [-0.2, -0.15) is 0 Å². The second-order valence-electron chi connectivity index (χ2n) is 7.05. The van der Waals surface area contributed by atoms with Crippen molar-refractivity contribution in [2.45, 2.75) is 38.6 Å². The van der Waals surface area contributed by atoms with Crippen LogP contribution in [0.15, 0.2) is 59.0 Å². The van der Waals surface area contributed by atoms with E-state index in [1.807, 2.05) is 29.2 Å². The molecule has 1 heterocycles. The van der Waals surface area contributed by atoms with Crippen molar-refractivity contribution < 1.29 is 9.21 Å². The zero-order valence-corrected chi connectivity index (χ0v) is 15.6. The van der Waals surface area contributed by atoms with Gasteiger partial charge < -0.3 is 9.32 Å². The van der Waals surface area contributed by atoms with Crippen molar-refractivity contribution in [3.8, 4) is 0 Å². The topological polar surface area (TPSA) is 46.3 Å². The number of rotatable bonds is 5. The molecule has 1 aliphatic rings. The SMILES string of the molecule is CCCN(C(=O)C=Cc1nc2ccccc2o1)C1CCc2ccccc2C1. The Balaban J connectivity index is 1.50. The maximum atomic E-state index is 12.9. The molecular weight excluding hydrogens is 336 g/mol. The number of fused-ring (bicyclic) bond motifs is 2. The number of aromatic nitrogens is 1. The third kappa shape index (κ3) is 3.80. The second-order valence-corrected chi connectivity index (χ2v) is 7.05. The fraction of sp³-hybridized carbons (Fsp3) is 0.304. The lowest BCUT2D eigenvalue weighted by atomic mass is 9.87. The molecule has 0 spiro atoms. The van der Waals surface area contributed by atoms with E-state index in [1.165, 1.54) is 11.1 Å². The highest BCUT2D eigenvalue weighted by Gasteiger charge is 2.26. The molecule has 0 bridgehead atoms. The van der Waals surface area contributed by atoms with Crippen molar-refractivity contribution in [2.75, 3.05) is 6.54 Å². The lowest BCUT2D eigenvalue weighted by molar-refractivity contribution is -0.128. The summed E-state index contributed by atoms with van der Waals surface area (Å²) in [4.78, 5) is 19.3. The number of amides is 1. The van der Waals surface area contributed by atoms with Crippen LogP contribution in [0, 0.1) is 0 Å². The third-order valence-corrected chi connectivity index (χ3v) is 5.19. The molecule has 1 unspecified atom stereocenters. The first kappa shape index (κ1) is 17.5. The normalized spacial score (nSPS) is 16.6. The number of nitrogens with zero attached hydrogens (tertiary/aromatic N) is 2. The predicted octanol–water partition coefficient (Wildman–Crippen LogP) is 4.64. The molecule has 0 fully saturated rings. The molecule has 0 radical (unpaired) electrons. The quantitative estimate of drug-likeness (QED) is 0.623. The highest BCUT2D eigenvalue weighted by atomic mass is 16.3. The minimum atomic E-state index is 0.0310. The van der Waals surface area contributed by atoms with Gasteiger partial charge in [-0.3, -0.25) is 4.79 Å².